The van der Waals surface area contributed by atoms with Gasteiger partial charge in [0.15, 0.2) is 11.6 Å². The van der Waals surface area contributed by atoms with Gasteiger partial charge in [0.1, 0.15) is 29.5 Å². The Morgan fingerprint density at radius 3 is 2.52 bits per heavy atom. The van der Waals surface area contributed by atoms with E-state index < -0.39 is 17.7 Å². The van der Waals surface area contributed by atoms with E-state index in [0.717, 1.165) is 6.07 Å². The molecule has 0 saturated carbocycles. The highest BCUT2D eigenvalue weighted by Crippen LogP contribution is 2.31. The molecule has 2 heterocycles. The molecule has 5 N–H and O–H groups in total. The summed E-state index contributed by atoms with van der Waals surface area (Å²) in [6.07, 6.45) is 1.28. The van der Waals surface area contributed by atoms with Gasteiger partial charge in [0.2, 0.25) is 0 Å². The van der Waals surface area contributed by atoms with Crippen molar-refractivity contribution in [2.45, 2.75) is 13.0 Å². The number of rotatable bonds is 4. The van der Waals surface area contributed by atoms with Crippen molar-refractivity contribution in [2.24, 2.45) is 0 Å². The summed E-state index contributed by atoms with van der Waals surface area (Å²) in [5.41, 5.74) is 13.3. The fourth-order valence-electron chi connectivity index (χ4n) is 3.09. The number of halogens is 3. The Kier molecular flexibility index (Phi) is 4.67. The summed E-state index contributed by atoms with van der Waals surface area (Å²) >= 11 is 6.15. The topological polar surface area (TPSA) is 108 Å². The molecule has 29 heavy (non-hydrogen) atoms. The lowest BCUT2D eigenvalue weighted by molar-refractivity contribution is 0.581. The zero-order chi connectivity index (χ0) is 20.7. The SMILES string of the molecule is C[C@@H](Nc1ncnc(N)c1N)c1nc2ccc(Cl)cc2n1-c1cc(F)cc(F)c1. The van der Waals surface area contributed by atoms with Crippen LogP contribution in [0.2, 0.25) is 5.02 Å². The minimum absolute atomic E-state index is 0.141. The van der Waals surface area contributed by atoms with Crippen molar-refractivity contribution < 1.29 is 8.78 Å². The maximum Gasteiger partial charge on any atom is 0.155 e. The van der Waals surface area contributed by atoms with Crippen LogP contribution in [0.5, 0.6) is 0 Å². The van der Waals surface area contributed by atoms with Crippen LogP contribution in [0.1, 0.15) is 18.8 Å². The first-order valence-corrected chi connectivity index (χ1v) is 8.98. The number of hydrogen-bond acceptors (Lipinski definition) is 6. The number of anilines is 3. The van der Waals surface area contributed by atoms with Crippen molar-refractivity contribution in [2.75, 3.05) is 16.8 Å². The Balaban J connectivity index is 1.88. The molecule has 2 aromatic heterocycles. The lowest BCUT2D eigenvalue weighted by Crippen LogP contribution is -2.16. The number of nitrogens with two attached hydrogens (primary N) is 2. The Morgan fingerprint density at radius 2 is 1.79 bits per heavy atom. The lowest BCUT2D eigenvalue weighted by atomic mass is 10.2. The van der Waals surface area contributed by atoms with Crippen molar-refractivity contribution in [3.8, 4) is 5.69 Å². The normalized spacial score (nSPS) is 12.3. The van der Waals surface area contributed by atoms with E-state index in [4.69, 9.17) is 23.1 Å². The summed E-state index contributed by atoms with van der Waals surface area (Å²) in [7, 11) is 0. The third-order valence-corrected chi connectivity index (χ3v) is 4.64. The van der Waals surface area contributed by atoms with E-state index in [1.54, 1.807) is 22.8 Å². The molecule has 0 fully saturated rings. The summed E-state index contributed by atoms with van der Waals surface area (Å²) in [6, 6.07) is 7.90. The largest absolute Gasteiger partial charge is 0.393 e. The molecule has 0 radical (unpaired) electrons. The van der Waals surface area contributed by atoms with Gasteiger partial charge in [-0.05, 0) is 37.3 Å². The number of benzene rings is 2. The summed E-state index contributed by atoms with van der Waals surface area (Å²) in [5.74, 6) is -0.468. The summed E-state index contributed by atoms with van der Waals surface area (Å²) in [6.45, 7) is 1.81. The lowest BCUT2D eigenvalue weighted by Gasteiger charge is -2.18. The van der Waals surface area contributed by atoms with Gasteiger partial charge in [0.25, 0.3) is 0 Å². The molecular weight excluding hydrogens is 400 g/mol. The van der Waals surface area contributed by atoms with Crippen molar-refractivity contribution in [3.05, 3.63) is 65.2 Å². The molecule has 0 saturated heterocycles. The zero-order valence-corrected chi connectivity index (χ0v) is 16.0. The second-order valence-electron chi connectivity index (χ2n) is 6.45. The smallest absolute Gasteiger partial charge is 0.155 e. The van der Waals surface area contributed by atoms with E-state index in [1.807, 2.05) is 6.92 Å². The molecular formula is C19H16ClF2N7. The van der Waals surface area contributed by atoms with E-state index in [-0.39, 0.29) is 17.2 Å². The van der Waals surface area contributed by atoms with Crippen LogP contribution in [0, 0.1) is 11.6 Å². The summed E-state index contributed by atoms with van der Waals surface area (Å²) in [5, 5.41) is 3.59. The zero-order valence-electron chi connectivity index (χ0n) is 15.2. The van der Waals surface area contributed by atoms with Crippen LogP contribution in [0.15, 0.2) is 42.7 Å². The molecule has 0 unspecified atom stereocenters. The second kappa shape index (κ2) is 7.17. The van der Waals surface area contributed by atoms with Gasteiger partial charge >= 0.3 is 0 Å². The van der Waals surface area contributed by atoms with Crippen molar-refractivity contribution in [3.63, 3.8) is 0 Å². The number of hydrogen-bond donors (Lipinski definition) is 3. The minimum Gasteiger partial charge on any atom is -0.393 e. The number of nitrogens with zero attached hydrogens (tertiary/aromatic N) is 4. The van der Waals surface area contributed by atoms with Crippen LogP contribution in [0.3, 0.4) is 0 Å². The fourth-order valence-corrected chi connectivity index (χ4v) is 3.26. The molecule has 10 heteroatoms. The highest BCUT2D eigenvalue weighted by molar-refractivity contribution is 6.31. The van der Waals surface area contributed by atoms with Crippen LogP contribution in [-0.4, -0.2) is 19.5 Å². The first-order chi connectivity index (χ1) is 13.8. The number of aromatic nitrogens is 4. The molecule has 0 bridgehead atoms. The van der Waals surface area contributed by atoms with E-state index in [9.17, 15) is 8.78 Å². The quantitative estimate of drug-likeness (QED) is 0.463. The summed E-state index contributed by atoms with van der Waals surface area (Å²) in [4.78, 5) is 12.5. The van der Waals surface area contributed by atoms with Gasteiger partial charge in [-0.1, -0.05) is 11.6 Å². The van der Waals surface area contributed by atoms with Crippen LogP contribution in [0.4, 0.5) is 26.1 Å². The van der Waals surface area contributed by atoms with Crippen LogP contribution in [-0.2, 0) is 0 Å². The molecule has 148 valence electrons. The number of fused-ring (bicyclic) bond motifs is 1. The number of imidazole rings is 1. The first kappa shape index (κ1) is 18.9. The van der Waals surface area contributed by atoms with Crippen molar-refractivity contribution in [1.82, 2.24) is 19.5 Å². The van der Waals surface area contributed by atoms with Crippen LogP contribution < -0.4 is 16.8 Å². The van der Waals surface area contributed by atoms with Gasteiger partial charge in [-0.3, -0.25) is 4.57 Å². The van der Waals surface area contributed by atoms with Crippen molar-refractivity contribution in [1.29, 1.82) is 0 Å². The maximum atomic E-state index is 13.9. The Bertz CT molecular complexity index is 1200. The number of nitrogen functional groups attached to an aromatic ring is 2. The van der Waals surface area contributed by atoms with Crippen LogP contribution >= 0.6 is 11.6 Å². The Hall–Kier alpha value is -3.46. The predicted octanol–water partition coefficient (Wildman–Crippen LogP) is 4.08. The average Bonchev–Trinajstić information content (AvgIpc) is 3.03. The standard InChI is InChI=1S/C19H16ClF2N7/c1-9(27-18-16(23)17(24)25-8-26-18)19-28-14-3-2-10(20)4-15(14)29(19)13-6-11(21)5-12(22)7-13/h2-9H,23H2,1H3,(H3,24,25,26,27)/t9-/m1/s1. The maximum absolute atomic E-state index is 13.9. The minimum atomic E-state index is -0.705. The highest BCUT2D eigenvalue weighted by Gasteiger charge is 2.20. The predicted molar refractivity (Wildman–Crippen MR) is 109 cm³/mol. The molecule has 0 aliphatic rings. The van der Waals surface area contributed by atoms with Crippen molar-refractivity contribution >= 4 is 40.0 Å². The first-order valence-electron chi connectivity index (χ1n) is 8.60. The highest BCUT2D eigenvalue weighted by atomic mass is 35.5. The van der Waals surface area contributed by atoms with Crippen LogP contribution in [0.25, 0.3) is 16.7 Å². The van der Waals surface area contributed by atoms with Gasteiger partial charge in [0, 0.05) is 11.1 Å². The van der Waals surface area contributed by atoms with Gasteiger partial charge in [-0.15, -0.1) is 0 Å². The third kappa shape index (κ3) is 3.52. The average molecular weight is 416 g/mol. The third-order valence-electron chi connectivity index (χ3n) is 4.40. The molecule has 0 aliphatic carbocycles. The molecule has 4 rings (SSSR count). The Labute approximate surface area is 169 Å². The van der Waals surface area contributed by atoms with E-state index in [0.29, 0.717) is 27.7 Å². The summed E-state index contributed by atoms with van der Waals surface area (Å²) < 4.78 is 29.5. The molecule has 0 spiro atoms. The van der Waals surface area contributed by atoms with E-state index >= 15 is 0 Å². The van der Waals surface area contributed by atoms with Gasteiger partial charge < -0.3 is 16.8 Å². The molecule has 2 aromatic carbocycles. The number of nitrogens with one attached hydrogen (secondary N) is 1. The monoisotopic (exact) mass is 415 g/mol. The Morgan fingerprint density at radius 1 is 1.07 bits per heavy atom. The second-order valence-corrected chi connectivity index (χ2v) is 6.89. The molecule has 0 aliphatic heterocycles. The molecule has 7 nitrogen and oxygen atoms in total. The molecule has 4 aromatic rings. The molecule has 0 amide bonds. The van der Waals surface area contributed by atoms with Gasteiger partial charge in [-0.2, -0.15) is 0 Å². The van der Waals surface area contributed by atoms with E-state index in [2.05, 4.69) is 20.3 Å². The van der Waals surface area contributed by atoms with E-state index in [1.165, 1.54) is 18.5 Å². The molecule has 1 atom stereocenters. The fraction of sp³-hybridized carbons (Fsp3) is 0.105. The van der Waals surface area contributed by atoms with Gasteiger partial charge in [0.05, 0.1) is 22.8 Å². The van der Waals surface area contributed by atoms with Gasteiger partial charge in [-0.25, -0.2) is 23.7 Å².